The van der Waals surface area contributed by atoms with Gasteiger partial charge in [0.1, 0.15) is 0 Å². The van der Waals surface area contributed by atoms with Gasteiger partial charge in [0.15, 0.2) is 0 Å². The smallest absolute Gasteiger partial charge is 0.305 e. The fraction of sp³-hybridized carbons (Fsp3) is 0.600. The van der Waals surface area contributed by atoms with Gasteiger partial charge in [0, 0.05) is 0 Å². The van der Waals surface area contributed by atoms with Gasteiger partial charge in [0.25, 0.3) is 0 Å². The Hall–Kier alpha value is -0.630. The molecule has 1 fully saturated rings. The predicted molar refractivity (Wildman–Crippen MR) is 77.8 cm³/mol. The number of hydrogen-bond acceptors (Lipinski definition) is 3. The topological polar surface area (TPSA) is 35.5 Å². The Morgan fingerprint density at radius 3 is 2.37 bits per heavy atom. The van der Waals surface area contributed by atoms with Crippen LogP contribution in [0.5, 0.6) is 0 Å². The molecule has 1 aromatic rings. The maximum atomic E-state index is 12.9. The van der Waals surface area contributed by atoms with Crippen molar-refractivity contribution in [1.82, 2.24) is 0 Å². The van der Waals surface area contributed by atoms with Crippen molar-refractivity contribution in [3.05, 3.63) is 30.3 Å². The molecular weight excluding hydrogens is 259 g/mol. The van der Waals surface area contributed by atoms with Gasteiger partial charge in [0.05, 0.1) is 18.0 Å². The Morgan fingerprint density at radius 2 is 1.79 bits per heavy atom. The van der Waals surface area contributed by atoms with Gasteiger partial charge in [-0.25, -0.2) is 0 Å². The molecule has 0 heterocycles. The first-order valence-electron chi connectivity index (χ1n) is 7.12. The highest BCUT2D eigenvalue weighted by Gasteiger charge is 2.32. The number of benzene rings is 1. The molecule has 3 nitrogen and oxygen atoms in total. The Balaban J connectivity index is 2.09. The monoisotopic (exact) mass is 282 g/mol. The van der Waals surface area contributed by atoms with E-state index < -0.39 is 7.60 Å². The average molecular weight is 282 g/mol. The van der Waals surface area contributed by atoms with E-state index in [0.717, 1.165) is 31.6 Å². The molecule has 19 heavy (non-hydrogen) atoms. The van der Waals surface area contributed by atoms with Crippen LogP contribution < -0.4 is 5.30 Å². The van der Waals surface area contributed by atoms with Gasteiger partial charge >= 0.3 is 7.60 Å². The summed E-state index contributed by atoms with van der Waals surface area (Å²) in [5.41, 5.74) is 0. The van der Waals surface area contributed by atoms with E-state index in [-0.39, 0.29) is 6.10 Å². The molecule has 0 amide bonds. The Labute approximate surface area is 115 Å². The van der Waals surface area contributed by atoms with Crippen LogP contribution in [0.4, 0.5) is 0 Å². The van der Waals surface area contributed by atoms with E-state index in [4.69, 9.17) is 9.05 Å². The summed E-state index contributed by atoms with van der Waals surface area (Å²) < 4.78 is 24.3. The first kappa shape index (κ1) is 14.8. The second-order valence-electron chi connectivity index (χ2n) is 5.24. The first-order valence-corrected chi connectivity index (χ1v) is 8.67. The molecule has 1 aromatic carbocycles. The summed E-state index contributed by atoms with van der Waals surface area (Å²) in [5, 5.41) is 0.662. The molecule has 1 aliphatic carbocycles. The van der Waals surface area contributed by atoms with Gasteiger partial charge in [-0.15, -0.1) is 0 Å². The molecule has 4 heteroatoms. The maximum Gasteiger partial charge on any atom is 0.361 e. The van der Waals surface area contributed by atoms with Crippen molar-refractivity contribution < 1.29 is 13.6 Å². The highest BCUT2D eigenvalue weighted by molar-refractivity contribution is 7.62. The fourth-order valence-electron chi connectivity index (χ4n) is 2.48. The van der Waals surface area contributed by atoms with Crippen molar-refractivity contribution in [2.75, 3.05) is 6.61 Å². The number of rotatable bonds is 5. The van der Waals surface area contributed by atoms with Crippen molar-refractivity contribution in [2.45, 2.75) is 45.6 Å². The quantitative estimate of drug-likeness (QED) is 0.761. The lowest BCUT2D eigenvalue weighted by Gasteiger charge is -2.29. The molecule has 1 unspecified atom stereocenters. The highest BCUT2D eigenvalue weighted by atomic mass is 31.2. The lowest BCUT2D eigenvalue weighted by atomic mass is 9.89. The van der Waals surface area contributed by atoms with Crippen LogP contribution in [0, 0.1) is 5.92 Å². The predicted octanol–water partition coefficient (Wildman–Crippen LogP) is 4.14. The van der Waals surface area contributed by atoms with Crippen LogP contribution in [0.2, 0.25) is 0 Å². The van der Waals surface area contributed by atoms with Crippen LogP contribution in [0.3, 0.4) is 0 Å². The third kappa shape index (κ3) is 3.92. The van der Waals surface area contributed by atoms with E-state index in [1.165, 1.54) is 0 Å². The number of hydrogen-bond donors (Lipinski definition) is 0. The van der Waals surface area contributed by atoms with Crippen molar-refractivity contribution in [2.24, 2.45) is 5.92 Å². The third-order valence-electron chi connectivity index (χ3n) is 3.62. The van der Waals surface area contributed by atoms with E-state index in [2.05, 4.69) is 6.92 Å². The summed E-state index contributed by atoms with van der Waals surface area (Å²) in [7, 11) is -3.16. The summed E-state index contributed by atoms with van der Waals surface area (Å²) in [6, 6.07) is 9.28. The minimum Gasteiger partial charge on any atom is -0.305 e. The van der Waals surface area contributed by atoms with Gasteiger partial charge in [-0.05, 0) is 50.7 Å². The summed E-state index contributed by atoms with van der Waals surface area (Å²) in [6.45, 7) is 4.51. The minimum absolute atomic E-state index is 0.0637. The summed E-state index contributed by atoms with van der Waals surface area (Å²) in [5.74, 6) is 0.753. The molecule has 0 bridgehead atoms. The summed E-state index contributed by atoms with van der Waals surface area (Å²) in [6.07, 6.45) is 4.31. The molecule has 0 aromatic heterocycles. The van der Waals surface area contributed by atoms with E-state index in [1.54, 1.807) is 0 Å². The van der Waals surface area contributed by atoms with Crippen LogP contribution in [0.15, 0.2) is 30.3 Å². The van der Waals surface area contributed by atoms with Gasteiger partial charge in [-0.1, -0.05) is 25.1 Å². The van der Waals surface area contributed by atoms with E-state index >= 15 is 0 Å². The zero-order valence-corrected chi connectivity index (χ0v) is 12.6. The molecule has 0 radical (unpaired) electrons. The van der Waals surface area contributed by atoms with E-state index in [0.29, 0.717) is 11.9 Å². The van der Waals surface area contributed by atoms with E-state index in [9.17, 15) is 4.57 Å². The summed E-state index contributed by atoms with van der Waals surface area (Å²) >= 11 is 0. The van der Waals surface area contributed by atoms with Crippen LogP contribution in [-0.4, -0.2) is 12.7 Å². The fourth-order valence-corrected chi connectivity index (χ4v) is 4.29. The molecule has 0 aliphatic heterocycles. The van der Waals surface area contributed by atoms with Crippen molar-refractivity contribution in [3.8, 4) is 0 Å². The Bertz CT molecular complexity index is 424. The van der Waals surface area contributed by atoms with Gasteiger partial charge < -0.3 is 9.05 Å². The standard InChI is InChI=1S/C15H23O3P/c1-3-17-19(16,15-7-5-4-6-8-15)18-14-11-9-13(2)10-12-14/h4-8,13-14H,3,9-12H2,1-2H3. The zero-order valence-electron chi connectivity index (χ0n) is 11.7. The SMILES string of the molecule is CCOP(=O)(OC1CCC(C)CC1)c1ccccc1. The van der Waals surface area contributed by atoms with Crippen LogP contribution in [0.25, 0.3) is 0 Å². The molecular formula is C15H23O3P. The minimum atomic E-state index is -3.16. The Morgan fingerprint density at radius 1 is 1.16 bits per heavy atom. The van der Waals surface area contributed by atoms with Crippen molar-refractivity contribution >= 4 is 12.9 Å². The molecule has 1 atom stereocenters. The average Bonchev–Trinajstić information content (AvgIpc) is 2.43. The summed E-state index contributed by atoms with van der Waals surface area (Å²) in [4.78, 5) is 0. The van der Waals surface area contributed by atoms with Crippen LogP contribution in [0.1, 0.15) is 39.5 Å². The molecule has 0 saturated heterocycles. The molecule has 0 spiro atoms. The zero-order chi connectivity index (χ0) is 13.7. The lowest BCUT2D eigenvalue weighted by molar-refractivity contribution is 0.111. The maximum absolute atomic E-state index is 12.9. The molecule has 0 N–H and O–H groups in total. The third-order valence-corrected chi connectivity index (χ3v) is 5.73. The van der Waals surface area contributed by atoms with Crippen LogP contribution in [-0.2, 0) is 13.6 Å². The second kappa shape index (κ2) is 6.69. The van der Waals surface area contributed by atoms with Crippen LogP contribution >= 0.6 is 7.60 Å². The lowest BCUT2D eigenvalue weighted by Crippen LogP contribution is -2.22. The Kier molecular flexibility index (Phi) is 5.20. The first-order chi connectivity index (χ1) is 9.14. The van der Waals surface area contributed by atoms with Crippen molar-refractivity contribution in [3.63, 3.8) is 0 Å². The molecule has 2 rings (SSSR count). The normalized spacial score (nSPS) is 26.8. The molecule has 1 saturated carbocycles. The van der Waals surface area contributed by atoms with E-state index in [1.807, 2.05) is 37.3 Å². The second-order valence-corrected chi connectivity index (χ2v) is 7.22. The highest BCUT2D eigenvalue weighted by Crippen LogP contribution is 2.50. The molecule has 1 aliphatic rings. The van der Waals surface area contributed by atoms with Gasteiger partial charge in [0.2, 0.25) is 0 Å². The molecule has 106 valence electrons. The van der Waals surface area contributed by atoms with Gasteiger partial charge in [-0.3, -0.25) is 4.57 Å². The van der Waals surface area contributed by atoms with Crippen molar-refractivity contribution in [1.29, 1.82) is 0 Å². The van der Waals surface area contributed by atoms with Gasteiger partial charge in [-0.2, -0.15) is 0 Å². The largest absolute Gasteiger partial charge is 0.361 e.